The fourth-order valence-electron chi connectivity index (χ4n) is 3.88. The predicted molar refractivity (Wildman–Crippen MR) is 57.2 cm³/mol. The van der Waals surface area contributed by atoms with Gasteiger partial charge in [0.2, 0.25) is 0 Å². The highest BCUT2D eigenvalue weighted by atomic mass is 32.3. The van der Waals surface area contributed by atoms with E-state index in [0.717, 1.165) is 4.75 Å². The summed E-state index contributed by atoms with van der Waals surface area (Å²) in [6, 6.07) is 0. The van der Waals surface area contributed by atoms with Crippen LogP contribution in [0.25, 0.3) is 0 Å². The molecule has 0 amide bonds. The van der Waals surface area contributed by atoms with Crippen LogP contribution in [0.4, 0.5) is 0 Å². The molecule has 2 aliphatic carbocycles. The Bertz CT molecular complexity index is 200. The van der Waals surface area contributed by atoms with Gasteiger partial charge in [-0.3, -0.25) is 0 Å². The molecule has 0 nitrogen and oxygen atoms in total. The molecule has 0 aromatic carbocycles. The molecule has 2 saturated carbocycles. The lowest BCUT2D eigenvalue weighted by atomic mass is 10.3. The van der Waals surface area contributed by atoms with Crippen LogP contribution in [0.2, 0.25) is 0 Å². The van der Waals surface area contributed by atoms with E-state index in [1.54, 1.807) is 50.0 Å². The summed E-state index contributed by atoms with van der Waals surface area (Å²) in [6.45, 7) is 0. The molecule has 0 N–H and O–H groups in total. The smallest absolute Gasteiger partial charge is 0.00320 e. The molecule has 0 radical (unpaired) electrons. The van der Waals surface area contributed by atoms with Gasteiger partial charge in [0, 0.05) is 4.75 Å². The molecule has 1 saturated heterocycles. The highest BCUT2D eigenvalue weighted by Gasteiger charge is 2.63. The zero-order valence-electron chi connectivity index (χ0n) is 8.14. The van der Waals surface area contributed by atoms with Crippen LogP contribution in [-0.2, 0) is 0 Å². The highest BCUT2D eigenvalue weighted by Crippen LogP contribution is 2.78. The Morgan fingerprint density at radius 2 is 1.92 bits per heavy atom. The minimum Gasteiger partial charge on any atom is -0.238 e. The Kier molecular flexibility index (Phi) is 1.44. The van der Waals surface area contributed by atoms with Crippen molar-refractivity contribution in [3.63, 3.8) is 0 Å². The number of fused-ring (bicyclic) bond motifs is 1. The van der Waals surface area contributed by atoms with E-state index in [1.165, 1.54) is 5.92 Å². The molecule has 12 heavy (non-hydrogen) atoms. The van der Waals surface area contributed by atoms with E-state index in [9.17, 15) is 0 Å². The van der Waals surface area contributed by atoms with E-state index >= 15 is 0 Å². The first-order valence-electron chi connectivity index (χ1n) is 5.50. The van der Waals surface area contributed by atoms with Gasteiger partial charge in [-0.15, -0.1) is 0 Å². The van der Waals surface area contributed by atoms with Crippen LogP contribution < -0.4 is 0 Å². The summed E-state index contributed by atoms with van der Waals surface area (Å²) in [7, 11) is -0.108. The van der Waals surface area contributed by atoms with Crippen LogP contribution in [0.1, 0.15) is 38.5 Å². The van der Waals surface area contributed by atoms with E-state index < -0.39 is 0 Å². The molecule has 3 rings (SSSR count). The molecule has 0 bridgehead atoms. The minimum atomic E-state index is -0.108. The second-order valence-electron chi connectivity index (χ2n) is 5.25. The monoisotopic (exact) mass is 184 g/mol. The average molecular weight is 184 g/mol. The molecule has 0 aromatic heterocycles. The van der Waals surface area contributed by atoms with Crippen LogP contribution in [0.15, 0.2) is 0 Å². The lowest BCUT2D eigenvalue weighted by molar-refractivity contribution is 0.742. The molecule has 2 unspecified atom stereocenters. The van der Waals surface area contributed by atoms with E-state index in [4.69, 9.17) is 0 Å². The fourth-order valence-corrected chi connectivity index (χ4v) is 8.74. The van der Waals surface area contributed by atoms with Gasteiger partial charge < -0.3 is 0 Å². The number of hydrogen-bond acceptors (Lipinski definition) is 0. The highest BCUT2D eigenvalue weighted by molar-refractivity contribution is 8.34. The first-order chi connectivity index (χ1) is 5.77. The summed E-state index contributed by atoms with van der Waals surface area (Å²) in [5.74, 6) is 4.46. The molecule has 0 spiro atoms. The van der Waals surface area contributed by atoms with Gasteiger partial charge in [0.15, 0.2) is 0 Å². The number of hydrogen-bond donors (Lipinski definition) is 0. The van der Waals surface area contributed by atoms with E-state index in [2.05, 4.69) is 6.26 Å². The largest absolute Gasteiger partial charge is 0.238 e. The molecule has 0 aromatic rings. The molecule has 3 fully saturated rings. The van der Waals surface area contributed by atoms with Crippen molar-refractivity contribution in [2.75, 3.05) is 17.8 Å². The van der Waals surface area contributed by atoms with Crippen molar-refractivity contribution in [1.29, 1.82) is 0 Å². The van der Waals surface area contributed by atoms with Crippen molar-refractivity contribution in [2.45, 2.75) is 43.3 Å². The Morgan fingerprint density at radius 1 is 1.17 bits per heavy atom. The SMILES string of the molecule is CS1(C23CCCC2C3)CCCC1. The van der Waals surface area contributed by atoms with Crippen molar-refractivity contribution in [3.05, 3.63) is 0 Å². The third kappa shape index (κ3) is 0.767. The van der Waals surface area contributed by atoms with Crippen molar-refractivity contribution >= 4 is 10.0 Å². The Balaban J connectivity index is 1.87. The van der Waals surface area contributed by atoms with Crippen molar-refractivity contribution < 1.29 is 0 Å². The Labute approximate surface area is 77.4 Å². The third-order valence-electron chi connectivity index (χ3n) is 4.75. The summed E-state index contributed by atoms with van der Waals surface area (Å²) in [5, 5.41) is 0. The number of rotatable bonds is 1. The standard InChI is InChI=1S/C11H20S/c1-12(7-2-3-8-12)11-6-4-5-10(11)9-11/h10H,2-9H2,1H3. The van der Waals surface area contributed by atoms with Crippen molar-refractivity contribution in [3.8, 4) is 0 Å². The van der Waals surface area contributed by atoms with Gasteiger partial charge >= 0.3 is 0 Å². The summed E-state index contributed by atoms with van der Waals surface area (Å²) < 4.78 is 0.962. The molecule has 1 aliphatic heterocycles. The van der Waals surface area contributed by atoms with E-state index in [-0.39, 0.29) is 10.0 Å². The van der Waals surface area contributed by atoms with Crippen molar-refractivity contribution in [2.24, 2.45) is 5.92 Å². The van der Waals surface area contributed by atoms with Crippen LogP contribution in [0.5, 0.6) is 0 Å². The maximum atomic E-state index is 2.67. The minimum absolute atomic E-state index is 0.108. The molecule has 1 heteroatoms. The second kappa shape index (κ2) is 2.23. The maximum absolute atomic E-state index is 2.67. The van der Waals surface area contributed by atoms with Crippen LogP contribution in [-0.4, -0.2) is 22.5 Å². The third-order valence-corrected chi connectivity index (χ3v) is 9.80. The predicted octanol–water partition coefficient (Wildman–Crippen LogP) is 3.16. The van der Waals surface area contributed by atoms with Gasteiger partial charge in [-0.1, -0.05) is 6.42 Å². The second-order valence-corrected chi connectivity index (χ2v) is 9.43. The Hall–Kier alpha value is 0.350. The van der Waals surface area contributed by atoms with E-state index in [0.29, 0.717) is 0 Å². The van der Waals surface area contributed by atoms with Gasteiger partial charge in [-0.05, 0) is 55.8 Å². The summed E-state index contributed by atoms with van der Waals surface area (Å²) in [4.78, 5) is 0. The summed E-state index contributed by atoms with van der Waals surface area (Å²) in [5.41, 5.74) is 0. The van der Waals surface area contributed by atoms with Crippen LogP contribution >= 0.6 is 10.0 Å². The first-order valence-corrected chi connectivity index (χ1v) is 7.88. The van der Waals surface area contributed by atoms with Gasteiger partial charge in [-0.2, -0.15) is 0 Å². The molecule has 2 atom stereocenters. The topological polar surface area (TPSA) is 0 Å². The van der Waals surface area contributed by atoms with Gasteiger partial charge in [0.25, 0.3) is 0 Å². The zero-order valence-corrected chi connectivity index (χ0v) is 8.96. The summed E-state index contributed by atoms with van der Waals surface area (Å²) >= 11 is 0. The average Bonchev–Trinajstić information content (AvgIpc) is 2.51. The summed E-state index contributed by atoms with van der Waals surface area (Å²) in [6.07, 6.45) is 12.2. The lowest BCUT2D eigenvalue weighted by Crippen LogP contribution is -2.20. The molecule has 70 valence electrons. The maximum Gasteiger partial charge on any atom is 0.00320 e. The van der Waals surface area contributed by atoms with Crippen LogP contribution in [0, 0.1) is 5.92 Å². The Morgan fingerprint density at radius 3 is 2.42 bits per heavy atom. The molecule has 1 heterocycles. The van der Waals surface area contributed by atoms with Crippen LogP contribution in [0.3, 0.4) is 0 Å². The quantitative estimate of drug-likeness (QED) is 0.587. The van der Waals surface area contributed by atoms with Gasteiger partial charge in [-0.25, -0.2) is 10.0 Å². The molecular formula is C11H20S. The van der Waals surface area contributed by atoms with Gasteiger partial charge in [0.05, 0.1) is 0 Å². The van der Waals surface area contributed by atoms with Gasteiger partial charge in [0.1, 0.15) is 0 Å². The molecular weight excluding hydrogens is 164 g/mol. The van der Waals surface area contributed by atoms with E-state index in [1.807, 2.05) is 0 Å². The first kappa shape index (κ1) is 7.73. The van der Waals surface area contributed by atoms with Crippen molar-refractivity contribution in [1.82, 2.24) is 0 Å². The zero-order chi connectivity index (χ0) is 8.23. The fraction of sp³-hybridized carbons (Fsp3) is 1.00. The normalized spacial score (nSPS) is 51.9. The lowest BCUT2D eigenvalue weighted by Gasteiger charge is -2.40. The molecule has 3 aliphatic rings.